The van der Waals surface area contributed by atoms with Crippen LogP contribution in [0.1, 0.15) is 44.7 Å². The lowest BCUT2D eigenvalue weighted by Crippen LogP contribution is -2.38. The van der Waals surface area contributed by atoms with Gasteiger partial charge in [0.15, 0.2) is 0 Å². The van der Waals surface area contributed by atoms with Gasteiger partial charge in [-0.1, -0.05) is 44.2 Å². The molecule has 0 bridgehead atoms. The second kappa shape index (κ2) is 11.3. The minimum atomic E-state index is -0.396. The van der Waals surface area contributed by atoms with Crippen molar-refractivity contribution in [2.45, 2.75) is 45.3 Å². The van der Waals surface area contributed by atoms with Crippen LogP contribution >= 0.6 is 0 Å². The fourth-order valence-electron chi connectivity index (χ4n) is 3.45. The molecule has 26 heavy (non-hydrogen) atoms. The molecule has 1 aliphatic rings. The number of hydrogen-bond donors (Lipinski definition) is 1. The molecule has 1 aromatic carbocycles. The van der Waals surface area contributed by atoms with E-state index in [1.807, 2.05) is 30.3 Å². The second-order valence-electron chi connectivity index (χ2n) is 7.12. The summed E-state index contributed by atoms with van der Waals surface area (Å²) in [5.41, 5.74) is 0.975. The van der Waals surface area contributed by atoms with E-state index in [-0.39, 0.29) is 12.1 Å². The van der Waals surface area contributed by atoms with E-state index < -0.39 is 6.04 Å². The monoisotopic (exact) mass is 361 g/mol. The summed E-state index contributed by atoms with van der Waals surface area (Å²) in [7, 11) is 2.13. The number of hydrogen-bond acceptors (Lipinski definition) is 5. The Bertz CT molecular complexity index is 519. The number of carbonyl (C=O) groups excluding carboxylic acids is 1. The normalized spacial score (nSPS) is 19.9. The van der Waals surface area contributed by atoms with Gasteiger partial charge >= 0.3 is 5.97 Å². The molecule has 1 aromatic rings. The first kappa shape index (κ1) is 20.9. The van der Waals surface area contributed by atoms with Crippen LogP contribution in [-0.4, -0.2) is 68.2 Å². The maximum absolute atomic E-state index is 12.9. The molecule has 2 unspecified atom stereocenters. The molecule has 0 aliphatic carbocycles. The minimum absolute atomic E-state index is 0.0308. The Morgan fingerprint density at radius 3 is 2.65 bits per heavy atom. The van der Waals surface area contributed by atoms with Crippen LogP contribution in [0.2, 0.25) is 0 Å². The van der Waals surface area contributed by atoms with Crippen LogP contribution in [0.5, 0.6) is 0 Å². The standard InChI is InChI=1S/C21H35N3O2/c1-4-24(5-2)17-14-22-20(18-10-7-6-8-11-18)21(25)26-19-12-9-15-23(3)16-13-19/h6-8,10-11,19-20,22H,4-5,9,12-17H2,1-3H3. The molecule has 1 fully saturated rings. The molecule has 2 rings (SSSR count). The lowest BCUT2D eigenvalue weighted by molar-refractivity contribution is -0.152. The number of esters is 1. The van der Waals surface area contributed by atoms with Crippen molar-refractivity contribution in [2.24, 2.45) is 0 Å². The topological polar surface area (TPSA) is 44.8 Å². The van der Waals surface area contributed by atoms with Crippen molar-refractivity contribution in [3.63, 3.8) is 0 Å². The molecule has 1 saturated heterocycles. The first-order valence-corrected chi connectivity index (χ1v) is 10.0. The van der Waals surface area contributed by atoms with Gasteiger partial charge in [0.2, 0.25) is 0 Å². The zero-order chi connectivity index (χ0) is 18.8. The van der Waals surface area contributed by atoms with Gasteiger partial charge < -0.3 is 14.5 Å². The molecule has 5 heteroatoms. The SMILES string of the molecule is CCN(CC)CCNC(C(=O)OC1CCCN(C)CC1)c1ccccc1. The third-order valence-electron chi connectivity index (χ3n) is 5.22. The van der Waals surface area contributed by atoms with Crippen molar-refractivity contribution in [1.29, 1.82) is 0 Å². The van der Waals surface area contributed by atoms with Crippen LogP contribution in [0, 0.1) is 0 Å². The summed E-state index contributed by atoms with van der Waals surface area (Å²) < 4.78 is 5.90. The number of carbonyl (C=O) groups is 1. The molecule has 0 aromatic heterocycles. The fourth-order valence-corrected chi connectivity index (χ4v) is 3.45. The van der Waals surface area contributed by atoms with E-state index in [1.54, 1.807) is 0 Å². The molecule has 5 nitrogen and oxygen atoms in total. The van der Waals surface area contributed by atoms with E-state index in [1.165, 1.54) is 0 Å². The molecule has 1 N–H and O–H groups in total. The molecule has 0 saturated carbocycles. The molecule has 0 spiro atoms. The quantitative estimate of drug-likeness (QED) is 0.685. The second-order valence-corrected chi connectivity index (χ2v) is 7.12. The summed E-state index contributed by atoms with van der Waals surface area (Å²) in [5.74, 6) is -0.148. The first-order chi connectivity index (χ1) is 12.6. The fraction of sp³-hybridized carbons (Fsp3) is 0.667. The molecule has 1 aliphatic heterocycles. The third-order valence-corrected chi connectivity index (χ3v) is 5.22. The molecule has 0 radical (unpaired) electrons. The molecule has 146 valence electrons. The van der Waals surface area contributed by atoms with E-state index in [2.05, 4.69) is 36.0 Å². The summed E-state index contributed by atoms with van der Waals surface area (Å²) in [6.45, 7) is 10.1. The Hall–Kier alpha value is -1.43. The highest BCUT2D eigenvalue weighted by atomic mass is 16.5. The predicted octanol–water partition coefficient (Wildman–Crippen LogP) is 2.69. The summed E-state index contributed by atoms with van der Waals surface area (Å²) in [4.78, 5) is 17.6. The van der Waals surface area contributed by atoms with Gasteiger partial charge in [-0.15, -0.1) is 0 Å². The maximum Gasteiger partial charge on any atom is 0.328 e. The van der Waals surface area contributed by atoms with Gasteiger partial charge in [-0.25, -0.2) is 4.79 Å². The van der Waals surface area contributed by atoms with Gasteiger partial charge in [-0.05, 0) is 51.5 Å². The maximum atomic E-state index is 12.9. The van der Waals surface area contributed by atoms with Gasteiger partial charge in [-0.2, -0.15) is 0 Å². The highest BCUT2D eigenvalue weighted by Gasteiger charge is 2.26. The van der Waals surface area contributed by atoms with Crippen molar-refractivity contribution in [2.75, 3.05) is 46.3 Å². The Morgan fingerprint density at radius 1 is 1.23 bits per heavy atom. The Labute approximate surface area is 158 Å². The van der Waals surface area contributed by atoms with Crippen LogP contribution < -0.4 is 5.32 Å². The first-order valence-electron chi connectivity index (χ1n) is 10.0. The van der Waals surface area contributed by atoms with E-state index in [4.69, 9.17) is 4.74 Å². The van der Waals surface area contributed by atoms with Gasteiger partial charge in [-0.3, -0.25) is 5.32 Å². The lowest BCUT2D eigenvalue weighted by atomic mass is 10.1. The molecule has 0 amide bonds. The largest absolute Gasteiger partial charge is 0.461 e. The molecular weight excluding hydrogens is 326 g/mol. The van der Waals surface area contributed by atoms with Gasteiger partial charge in [0.1, 0.15) is 12.1 Å². The van der Waals surface area contributed by atoms with Crippen molar-refractivity contribution in [1.82, 2.24) is 15.1 Å². The van der Waals surface area contributed by atoms with E-state index in [0.29, 0.717) is 0 Å². The number of likely N-dealkylation sites (tertiary alicyclic amines) is 1. The van der Waals surface area contributed by atoms with Crippen LogP contribution in [0.4, 0.5) is 0 Å². The number of nitrogens with zero attached hydrogens (tertiary/aromatic N) is 2. The number of ether oxygens (including phenoxy) is 1. The van der Waals surface area contributed by atoms with Crippen molar-refractivity contribution in [3.05, 3.63) is 35.9 Å². The molecule has 1 heterocycles. The van der Waals surface area contributed by atoms with Crippen molar-refractivity contribution < 1.29 is 9.53 Å². The number of nitrogens with one attached hydrogen (secondary N) is 1. The van der Waals surface area contributed by atoms with Gasteiger partial charge in [0.25, 0.3) is 0 Å². The number of rotatable bonds is 9. The van der Waals surface area contributed by atoms with Gasteiger partial charge in [0, 0.05) is 19.6 Å². The zero-order valence-electron chi connectivity index (χ0n) is 16.6. The molecule has 2 atom stereocenters. The summed E-state index contributed by atoms with van der Waals surface area (Å²) in [6, 6.07) is 9.52. The third kappa shape index (κ3) is 6.71. The highest BCUT2D eigenvalue weighted by Crippen LogP contribution is 2.19. The van der Waals surface area contributed by atoms with E-state index in [0.717, 1.165) is 64.1 Å². The van der Waals surface area contributed by atoms with Crippen LogP contribution in [-0.2, 0) is 9.53 Å². The Balaban J connectivity index is 1.97. The average molecular weight is 362 g/mol. The highest BCUT2D eigenvalue weighted by molar-refractivity contribution is 5.77. The predicted molar refractivity (Wildman–Crippen MR) is 106 cm³/mol. The molecular formula is C21H35N3O2. The zero-order valence-corrected chi connectivity index (χ0v) is 16.6. The van der Waals surface area contributed by atoms with Crippen LogP contribution in [0.15, 0.2) is 30.3 Å². The van der Waals surface area contributed by atoms with Crippen LogP contribution in [0.25, 0.3) is 0 Å². The number of likely N-dealkylation sites (N-methyl/N-ethyl adjacent to an activating group) is 1. The van der Waals surface area contributed by atoms with Crippen LogP contribution in [0.3, 0.4) is 0 Å². The van der Waals surface area contributed by atoms with E-state index >= 15 is 0 Å². The summed E-state index contributed by atoms with van der Waals surface area (Å²) in [5, 5.41) is 3.42. The lowest BCUT2D eigenvalue weighted by Gasteiger charge is -2.24. The van der Waals surface area contributed by atoms with Crippen molar-refractivity contribution in [3.8, 4) is 0 Å². The Kier molecular flexibility index (Phi) is 9.09. The summed E-state index contributed by atoms with van der Waals surface area (Å²) >= 11 is 0. The minimum Gasteiger partial charge on any atom is -0.461 e. The smallest absolute Gasteiger partial charge is 0.328 e. The average Bonchev–Trinajstić information content (AvgIpc) is 2.87. The Morgan fingerprint density at radius 2 is 1.96 bits per heavy atom. The van der Waals surface area contributed by atoms with Crippen molar-refractivity contribution >= 4 is 5.97 Å². The summed E-state index contributed by atoms with van der Waals surface area (Å²) in [6.07, 6.45) is 2.99. The van der Waals surface area contributed by atoms with E-state index in [9.17, 15) is 4.79 Å². The van der Waals surface area contributed by atoms with Gasteiger partial charge in [0.05, 0.1) is 0 Å². The number of benzene rings is 1.